The van der Waals surface area contributed by atoms with Gasteiger partial charge in [0.05, 0.1) is 36.1 Å². The second kappa shape index (κ2) is 17.4. The Bertz CT molecular complexity index is 2280. The summed E-state index contributed by atoms with van der Waals surface area (Å²) in [5.41, 5.74) is 4.39. The smallest absolute Gasteiger partial charge is 0.263 e. The van der Waals surface area contributed by atoms with Crippen LogP contribution in [0.5, 0.6) is 0 Å². The van der Waals surface area contributed by atoms with E-state index in [1.54, 1.807) is 17.7 Å². The summed E-state index contributed by atoms with van der Waals surface area (Å²) in [6, 6.07) is 12.9. The van der Waals surface area contributed by atoms with Crippen molar-refractivity contribution in [1.82, 2.24) is 34.6 Å². The second-order valence-corrected chi connectivity index (χ2v) is 17.2. The molecular formula is C45H56N10O5. The third-order valence-corrected chi connectivity index (χ3v) is 13.5. The fourth-order valence-corrected chi connectivity index (χ4v) is 10.1. The van der Waals surface area contributed by atoms with E-state index in [-0.39, 0.29) is 46.8 Å². The van der Waals surface area contributed by atoms with Crippen LogP contribution in [0.15, 0.2) is 53.6 Å². The molecule has 1 aromatic carbocycles. The number of imide groups is 1. The van der Waals surface area contributed by atoms with Crippen LogP contribution in [0.1, 0.15) is 91.7 Å². The van der Waals surface area contributed by atoms with Crippen molar-refractivity contribution in [2.75, 3.05) is 80.6 Å². The molecule has 15 heteroatoms. The molecule has 15 nitrogen and oxygen atoms in total. The number of piperidine rings is 2. The molecule has 7 heterocycles. The van der Waals surface area contributed by atoms with Crippen molar-refractivity contribution in [3.63, 3.8) is 0 Å². The fraction of sp³-hybridized carbons (Fsp3) is 0.533. The molecule has 1 aliphatic carbocycles. The highest BCUT2D eigenvalue weighted by Crippen LogP contribution is 2.33. The Hall–Kier alpha value is -5.25. The van der Waals surface area contributed by atoms with Gasteiger partial charge in [0.1, 0.15) is 11.5 Å². The Morgan fingerprint density at radius 1 is 0.833 bits per heavy atom. The van der Waals surface area contributed by atoms with Crippen molar-refractivity contribution in [2.45, 2.75) is 89.3 Å². The van der Waals surface area contributed by atoms with Gasteiger partial charge in [-0.1, -0.05) is 25.0 Å². The zero-order chi connectivity index (χ0) is 41.3. The Kier molecular flexibility index (Phi) is 11.6. The third-order valence-electron chi connectivity index (χ3n) is 13.5. The zero-order valence-corrected chi connectivity index (χ0v) is 34.8. The van der Waals surface area contributed by atoms with Crippen molar-refractivity contribution in [2.24, 2.45) is 0 Å². The SMILES string of the molecule is CC(=O)c1c(C)c2cnc(Nc3ccc(N4CCN(C[C@@H]5CN(C6CCN(c7ccc(C8CCC(=O)NC8=O)cc7)CC6)CCO5)CC4)cn3)nc2n(C2CCCC2)c1=O. The van der Waals surface area contributed by atoms with Crippen LogP contribution in [0.3, 0.4) is 0 Å². The minimum absolute atomic E-state index is 0.0205. The highest BCUT2D eigenvalue weighted by atomic mass is 16.5. The van der Waals surface area contributed by atoms with Gasteiger partial charge in [0.2, 0.25) is 17.8 Å². The monoisotopic (exact) mass is 816 g/mol. The van der Waals surface area contributed by atoms with E-state index in [4.69, 9.17) is 14.7 Å². The van der Waals surface area contributed by atoms with Gasteiger partial charge in [-0.3, -0.25) is 38.9 Å². The Morgan fingerprint density at radius 2 is 1.57 bits per heavy atom. The van der Waals surface area contributed by atoms with Gasteiger partial charge in [0.15, 0.2) is 5.78 Å². The largest absolute Gasteiger partial charge is 0.374 e. The molecule has 1 saturated carbocycles. The predicted molar refractivity (Wildman–Crippen MR) is 230 cm³/mol. The number of hydrogen-bond donors (Lipinski definition) is 2. The van der Waals surface area contributed by atoms with E-state index in [1.807, 2.05) is 24.4 Å². The van der Waals surface area contributed by atoms with Crippen LogP contribution in [0.4, 0.5) is 23.1 Å². The number of nitrogens with zero attached hydrogens (tertiary/aromatic N) is 8. The van der Waals surface area contributed by atoms with E-state index in [1.165, 1.54) is 12.6 Å². The number of pyridine rings is 2. The molecule has 2 N–H and O–H groups in total. The van der Waals surface area contributed by atoms with Crippen molar-refractivity contribution in [3.8, 4) is 0 Å². The van der Waals surface area contributed by atoms with Gasteiger partial charge in [0.25, 0.3) is 5.56 Å². The first kappa shape index (κ1) is 40.2. The number of aryl methyl sites for hydroxylation is 1. The topological polar surface area (TPSA) is 158 Å². The van der Waals surface area contributed by atoms with E-state index in [9.17, 15) is 19.2 Å². The average molecular weight is 817 g/mol. The number of piperazine rings is 1. The number of fused-ring (bicyclic) bond motifs is 1. The molecule has 4 saturated heterocycles. The Balaban J connectivity index is 0.748. The van der Waals surface area contributed by atoms with Crippen molar-refractivity contribution >= 4 is 51.8 Å². The lowest BCUT2D eigenvalue weighted by Gasteiger charge is -2.44. The number of rotatable bonds is 10. The summed E-state index contributed by atoms with van der Waals surface area (Å²) in [6.07, 6.45) is 10.9. The summed E-state index contributed by atoms with van der Waals surface area (Å²) in [6.45, 7) is 12.6. The highest BCUT2D eigenvalue weighted by molar-refractivity contribution is 6.01. The Morgan fingerprint density at radius 3 is 2.27 bits per heavy atom. The summed E-state index contributed by atoms with van der Waals surface area (Å²) in [5, 5.41) is 6.44. The van der Waals surface area contributed by atoms with Gasteiger partial charge in [0, 0.05) is 94.7 Å². The molecule has 0 radical (unpaired) electrons. The number of carbonyl (C=O) groups is 3. The summed E-state index contributed by atoms with van der Waals surface area (Å²) < 4.78 is 8.04. The third kappa shape index (κ3) is 8.39. The summed E-state index contributed by atoms with van der Waals surface area (Å²) >= 11 is 0. The molecule has 0 bridgehead atoms. The van der Waals surface area contributed by atoms with Gasteiger partial charge in [-0.05, 0) is 81.3 Å². The van der Waals surface area contributed by atoms with E-state index in [2.05, 4.69) is 53.4 Å². The maximum absolute atomic E-state index is 13.6. The maximum Gasteiger partial charge on any atom is 0.263 e. The lowest BCUT2D eigenvalue weighted by molar-refractivity contribution is -0.134. The molecule has 5 aliphatic rings. The standard InChI is InChI=1S/C45H56N10O5/c1-29-38-26-47-45(50-42(38)55(34-5-3-4-6-34)44(59)41(29)30(2)56)48-39-13-11-35(25-46-39)53-21-19-51(20-22-53)27-36-28-54(23-24-60-36)33-15-17-52(18-16-33)32-9-7-31(8-10-32)37-12-14-40(57)49-43(37)58/h7-11,13,25-26,33-34,36-37H,3-6,12,14-24,27-28H2,1-2H3,(H,49,57,58)(H,46,47,48,50)/t36-,37?/m1/s1. The normalized spacial score (nSPS) is 22.7. The molecule has 2 atom stereocenters. The minimum Gasteiger partial charge on any atom is -0.374 e. The number of ketones is 1. The Labute approximate surface area is 350 Å². The maximum atomic E-state index is 13.6. The highest BCUT2D eigenvalue weighted by Gasteiger charge is 2.32. The summed E-state index contributed by atoms with van der Waals surface area (Å²) in [4.78, 5) is 74.1. The molecule has 3 aromatic heterocycles. The molecule has 2 amide bonds. The van der Waals surface area contributed by atoms with Gasteiger partial charge < -0.3 is 19.9 Å². The first-order valence-corrected chi connectivity index (χ1v) is 21.9. The van der Waals surface area contributed by atoms with Crippen LogP contribution < -0.4 is 26.0 Å². The lowest BCUT2D eigenvalue weighted by Crippen LogP contribution is -2.55. The van der Waals surface area contributed by atoms with E-state index in [0.717, 1.165) is 121 Å². The van der Waals surface area contributed by atoms with Crippen LogP contribution >= 0.6 is 0 Å². The van der Waals surface area contributed by atoms with Gasteiger partial charge in [-0.15, -0.1) is 0 Å². The number of aromatic nitrogens is 4. The number of anilines is 4. The van der Waals surface area contributed by atoms with Crippen LogP contribution in [-0.4, -0.2) is 125 Å². The number of ether oxygens (including phenoxy) is 1. The van der Waals surface area contributed by atoms with E-state index in [0.29, 0.717) is 41.9 Å². The fourth-order valence-electron chi connectivity index (χ4n) is 10.1. The van der Waals surface area contributed by atoms with Gasteiger partial charge >= 0.3 is 0 Å². The zero-order valence-electron chi connectivity index (χ0n) is 34.8. The van der Waals surface area contributed by atoms with Crippen LogP contribution in [0, 0.1) is 6.92 Å². The molecule has 316 valence electrons. The number of carbonyl (C=O) groups excluding carboxylic acids is 3. The van der Waals surface area contributed by atoms with Crippen molar-refractivity contribution < 1.29 is 19.1 Å². The number of amides is 2. The van der Waals surface area contributed by atoms with Gasteiger partial charge in [-0.25, -0.2) is 9.97 Å². The molecule has 5 fully saturated rings. The average Bonchev–Trinajstić information content (AvgIpc) is 3.79. The number of hydrogen-bond acceptors (Lipinski definition) is 13. The summed E-state index contributed by atoms with van der Waals surface area (Å²) in [7, 11) is 0. The van der Waals surface area contributed by atoms with E-state index < -0.39 is 0 Å². The lowest BCUT2D eigenvalue weighted by atomic mass is 9.90. The van der Waals surface area contributed by atoms with E-state index >= 15 is 0 Å². The number of benzene rings is 1. The van der Waals surface area contributed by atoms with Crippen LogP contribution in [0.2, 0.25) is 0 Å². The van der Waals surface area contributed by atoms with Crippen molar-refractivity contribution in [3.05, 3.63) is 75.8 Å². The first-order chi connectivity index (χ1) is 29.2. The number of nitrogens with one attached hydrogen (secondary N) is 2. The van der Waals surface area contributed by atoms with Crippen LogP contribution in [0.25, 0.3) is 11.0 Å². The molecule has 4 aromatic rings. The molecule has 60 heavy (non-hydrogen) atoms. The molecule has 1 unspecified atom stereocenters. The van der Waals surface area contributed by atoms with Crippen molar-refractivity contribution in [1.29, 1.82) is 0 Å². The molecule has 9 rings (SSSR count). The number of Topliss-reactive ketones (excluding diaryl/α,β-unsaturated/α-hetero) is 1. The second-order valence-electron chi connectivity index (χ2n) is 17.2. The quantitative estimate of drug-likeness (QED) is 0.170. The molecular weight excluding hydrogens is 761 g/mol. The minimum atomic E-state index is -0.261. The van der Waals surface area contributed by atoms with Crippen LogP contribution in [-0.2, 0) is 14.3 Å². The van der Waals surface area contributed by atoms with Gasteiger partial charge in [-0.2, -0.15) is 4.98 Å². The molecule has 4 aliphatic heterocycles. The molecule has 0 spiro atoms. The summed E-state index contributed by atoms with van der Waals surface area (Å²) in [5.74, 6) is 0.132. The number of morpholine rings is 1. The first-order valence-electron chi connectivity index (χ1n) is 21.9. The predicted octanol–water partition coefficient (Wildman–Crippen LogP) is 4.57.